The van der Waals surface area contributed by atoms with Crippen LogP contribution in [0.5, 0.6) is 5.75 Å². The molecule has 0 unspecified atom stereocenters. The highest BCUT2D eigenvalue weighted by Gasteiger charge is 2.48. The summed E-state index contributed by atoms with van der Waals surface area (Å²) in [5.41, 5.74) is 1.19. The van der Waals surface area contributed by atoms with Gasteiger partial charge in [-0.1, -0.05) is 18.6 Å². The number of benzene rings is 1. The number of alkyl halides is 3. The van der Waals surface area contributed by atoms with Crippen LogP contribution in [0.1, 0.15) is 50.6 Å². The predicted octanol–water partition coefficient (Wildman–Crippen LogP) is 4.32. The molecule has 1 spiro atoms. The van der Waals surface area contributed by atoms with Crippen molar-refractivity contribution >= 4 is 6.03 Å². The first kappa shape index (κ1) is 17.9. The first-order valence-corrected chi connectivity index (χ1v) is 8.61. The van der Waals surface area contributed by atoms with Crippen LogP contribution in [0, 0.1) is 5.41 Å². The Morgan fingerprint density at radius 3 is 2.68 bits per heavy atom. The second-order valence-corrected chi connectivity index (χ2v) is 7.27. The van der Waals surface area contributed by atoms with Gasteiger partial charge in [-0.25, -0.2) is 4.79 Å². The topological polar surface area (TPSA) is 50.4 Å². The fourth-order valence-corrected chi connectivity index (χ4v) is 3.72. The molecule has 2 fully saturated rings. The fourth-order valence-electron chi connectivity index (χ4n) is 3.72. The summed E-state index contributed by atoms with van der Waals surface area (Å²) in [6, 6.07) is 6.01. The smallest absolute Gasteiger partial charge is 0.422 e. The standard InChI is InChI=1S/C18H23F3N2O2/c1-12(13-4-2-5-15(8-13)25-11-18(19,20)21)22-16(24)23-14-9-17(10-14)6-3-7-17/h2,4-5,8,12,14H,3,6-7,9-11H2,1H3,(H2,22,23,24)/t12-/m0/s1. The van der Waals surface area contributed by atoms with Gasteiger partial charge in [-0.15, -0.1) is 0 Å². The molecule has 2 aliphatic carbocycles. The van der Waals surface area contributed by atoms with E-state index < -0.39 is 12.8 Å². The molecule has 1 aromatic carbocycles. The van der Waals surface area contributed by atoms with E-state index in [1.807, 2.05) is 0 Å². The fraction of sp³-hybridized carbons (Fsp3) is 0.611. The third-order valence-electron chi connectivity index (χ3n) is 5.22. The second-order valence-electron chi connectivity index (χ2n) is 7.27. The van der Waals surface area contributed by atoms with Crippen LogP contribution in [0.4, 0.5) is 18.0 Å². The Morgan fingerprint density at radius 2 is 2.08 bits per heavy atom. The van der Waals surface area contributed by atoms with Gasteiger partial charge in [0.1, 0.15) is 5.75 Å². The molecule has 138 valence electrons. The van der Waals surface area contributed by atoms with Crippen LogP contribution in [0.3, 0.4) is 0 Å². The lowest BCUT2D eigenvalue weighted by Gasteiger charge is -2.54. The maximum atomic E-state index is 12.2. The average molecular weight is 356 g/mol. The van der Waals surface area contributed by atoms with Gasteiger partial charge in [0.25, 0.3) is 0 Å². The first-order valence-electron chi connectivity index (χ1n) is 8.61. The van der Waals surface area contributed by atoms with E-state index >= 15 is 0 Å². The molecule has 2 amide bonds. The maximum Gasteiger partial charge on any atom is 0.422 e. The van der Waals surface area contributed by atoms with Gasteiger partial charge in [-0.3, -0.25) is 0 Å². The van der Waals surface area contributed by atoms with Crippen molar-refractivity contribution in [2.75, 3.05) is 6.61 Å². The zero-order valence-electron chi connectivity index (χ0n) is 14.2. The number of halogens is 3. The summed E-state index contributed by atoms with van der Waals surface area (Å²) in [6.07, 6.45) is 1.57. The van der Waals surface area contributed by atoms with Gasteiger partial charge in [-0.2, -0.15) is 13.2 Å². The summed E-state index contributed by atoms with van der Waals surface area (Å²) in [7, 11) is 0. The molecular weight excluding hydrogens is 333 g/mol. The lowest BCUT2D eigenvalue weighted by atomic mass is 9.54. The van der Waals surface area contributed by atoms with E-state index in [0.29, 0.717) is 11.0 Å². The van der Waals surface area contributed by atoms with Crippen LogP contribution in [0.25, 0.3) is 0 Å². The average Bonchev–Trinajstić information content (AvgIpc) is 2.46. The van der Waals surface area contributed by atoms with Crippen molar-refractivity contribution in [1.82, 2.24) is 10.6 Å². The number of rotatable bonds is 5. The molecule has 0 aromatic heterocycles. The minimum absolute atomic E-state index is 0.134. The van der Waals surface area contributed by atoms with Crippen LogP contribution in [-0.4, -0.2) is 24.9 Å². The molecule has 2 aliphatic rings. The van der Waals surface area contributed by atoms with E-state index in [-0.39, 0.29) is 23.9 Å². The van der Waals surface area contributed by atoms with Crippen molar-refractivity contribution in [2.24, 2.45) is 5.41 Å². The molecule has 2 saturated carbocycles. The lowest BCUT2D eigenvalue weighted by Crippen LogP contribution is -2.55. The second kappa shape index (κ2) is 6.77. The van der Waals surface area contributed by atoms with Gasteiger partial charge in [0.2, 0.25) is 0 Å². The number of hydrogen-bond acceptors (Lipinski definition) is 2. The Kier molecular flexibility index (Phi) is 4.84. The monoisotopic (exact) mass is 356 g/mol. The van der Waals surface area contributed by atoms with Crippen molar-refractivity contribution in [3.05, 3.63) is 29.8 Å². The Morgan fingerprint density at radius 1 is 1.36 bits per heavy atom. The van der Waals surface area contributed by atoms with E-state index in [0.717, 1.165) is 12.8 Å². The SMILES string of the molecule is C[C@H](NC(=O)NC1CC2(CCC2)C1)c1cccc(OCC(F)(F)F)c1. The van der Waals surface area contributed by atoms with Crippen molar-refractivity contribution < 1.29 is 22.7 Å². The van der Waals surface area contributed by atoms with E-state index in [9.17, 15) is 18.0 Å². The third kappa shape index (κ3) is 4.58. The van der Waals surface area contributed by atoms with Gasteiger partial charge in [0, 0.05) is 6.04 Å². The Balaban J connectivity index is 1.47. The van der Waals surface area contributed by atoms with Crippen LogP contribution in [-0.2, 0) is 0 Å². The van der Waals surface area contributed by atoms with Gasteiger partial charge in [0.15, 0.2) is 6.61 Å². The molecule has 7 heteroatoms. The van der Waals surface area contributed by atoms with Crippen molar-refractivity contribution in [3.63, 3.8) is 0 Å². The zero-order chi connectivity index (χ0) is 18.1. The number of nitrogens with one attached hydrogen (secondary N) is 2. The first-order chi connectivity index (χ1) is 11.7. The molecule has 1 atom stereocenters. The minimum Gasteiger partial charge on any atom is -0.484 e. The van der Waals surface area contributed by atoms with Crippen molar-refractivity contribution in [1.29, 1.82) is 0 Å². The maximum absolute atomic E-state index is 12.2. The van der Waals surface area contributed by atoms with Crippen LogP contribution in [0.2, 0.25) is 0 Å². The van der Waals surface area contributed by atoms with E-state index in [4.69, 9.17) is 4.74 Å². The number of urea groups is 1. The highest BCUT2D eigenvalue weighted by molar-refractivity contribution is 5.75. The van der Waals surface area contributed by atoms with E-state index in [1.165, 1.54) is 31.4 Å². The summed E-state index contributed by atoms with van der Waals surface area (Å²) in [5, 5.41) is 5.80. The number of carbonyl (C=O) groups excluding carboxylic acids is 1. The summed E-state index contributed by atoms with van der Waals surface area (Å²) >= 11 is 0. The summed E-state index contributed by atoms with van der Waals surface area (Å²) in [4.78, 5) is 12.1. The summed E-state index contributed by atoms with van der Waals surface area (Å²) in [5.74, 6) is 0.134. The Bertz CT molecular complexity index is 621. The molecule has 0 bridgehead atoms. The highest BCUT2D eigenvalue weighted by Crippen LogP contribution is 2.55. The molecule has 25 heavy (non-hydrogen) atoms. The predicted molar refractivity (Wildman–Crippen MR) is 87.4 cm³/mol. The van der Waals surface area contributed by atoms with Crippen LogP contribution in [0.15, 0.2) is 24.3 Å². The van der Waals surface area contributed by atoms with E-state index in [1.54, 1.807) is 19.1 Å². The van der Waals surface area contributed by atoms with E-state index in [2.05, 4.69) is 10.6 Å². The van der Waals surface area contributed by atoms with Gasteiger partial charge in [0.05, 0.1) is 6.04 Å². The third-order valence-corrected chi connectivity index (χ3v) is 5.22. The van der Waals surface area contributed by atoms with Crippen molar-refractivity contribution in [2.45, 2.75) is 57.3 Å². The van der Waals surface area contributed by atoms with Crippen molar-refractivity contribution in [3.8, 4) is 5.75 Å². The van der Waals surface area contributed by atoms with Crippen LogP contribution < -0.4 is 15.4 Å². The largest absolute Gasteiger partial charge is 0.484 e. The zero-order valence-corrected chi connectivity index (χ0v) is 14.2. The molecule has 1 aromatic rings. The quantitative estimate of drug-likeness (QED) is 0.825. The Labute approximate surface area is 145 Å². The van der Waals surface area contributed by atoms with Gasteiger partial charge < -0.3 is 15.4 Å². The van der Waals surface area contributed by atoms with Gasteiger partial charge in [-0.05, 0) is 55.7 Å². The Hall–Kier alpha value is -1.92. The molecule has 4 nitrogen and oxygen atoms in total. The number of ether oxygens (including phenoxy) is 1. The molecule has 0 radical (unpaired) electrons. The van der Waals surface area contributed by atoms with Gasteiger partial charge >= 0.3 is 12.2 Å². The number of amides is 2. The van der Waals surface area contributed by atoms with Crippen LogP contribution >= 0.6 is 0 Å². The molecule has 0 aliphatic heterocycles. The number of hydrogen-bond donors (Lipinski definition) is 2. The highest BCUT2D eigenvalue weighted by atomic mass is 19.4. The molecule has 3 rings (SSSR count). The summed E-state index contributed by atoms with van der Waals surface area (Å²) in [6.45, 7) is 0.457. The normalized spacial score (nSPS) is 20.3. The minimum atomic E-state index is -4.37. The molecular formula is C18H23F3N2O2. The molecule has 0 heterocycles. The molecule has 0 saturated heterocycles. The number of carbonyl (C=O) groups is 1. The molecule has 2 N–H and O–H groups in total. The summed E-state index contributed by atoms with van der Waals surface area (Å²) < 4.78 is 41.4. The lowest BCUT2D eigenvalue weighted by molar-refractivity contribution is -0.153.